The van der Waals surface area contributed by atoms with E-state index >= 15 is 0 Å². The largest absolute Gasteiger partial charge is 0.383 e. The highest BCUT2D eigenvalue weighted by Gasteiger charge is 2.31. The monoisotopic (exact) mass is 427 g/mol. The van der Waals surface area contributed by atoms with Crippen molar-refractivity contribution in [1.29, 1.82) is 0 Å². The predicted molar refractivity (Wildman–Crippen MR) is 114 cm³/mol. The van der Waals surface area contributed by atoms with Gasteiger partial charge in [-0.05, 0) is 37.0 Å². The van der Waals surface area contributed by atoms with Gasteiger partial charge in [-0.25, -0.2) is 9.49 Å². The summed E-state index contributed by atoms with van der Waals surface area (Å²) in [5.74, 6) is -1.02. The Hall–Kier alpha value is -3.23. The second-order valence-corrected chi connectivity index (χ2v) is 8.20. The molecule has 1 saturated heterocycles. The molecule has 0 aliphatic carbocycles. The molecule has 9 heteroatoms. The first kappa shape index (κ1) is 21.0. The number of fused-ring (bicyclic) bond motifs is 1. The van der Waals surface area contributed by atoms with Gasteiger partial charge in [-0.3, -0.25) is 14.4 Å². The van der Waals surface area contributed by atoms with E-state index in [1.807, 2.05) is 0 Å². The van der Waals surface area contributed by atoms with Crippen LogP contribution < -0.4 is 10.9 Å². The molecule has 1 aromatic carbocycles. The molecule has 1 aromatic heterocycles. The molecule has 2 amide bonds. The van der Waals surface area contributed by atoms with Crippen LogP contribution in [0.4, 0.5) is 10.1 Å². The molecule has 3 heterocycles. The Morgan fingerprint density at radius 2 is 2.16 bits per heavy atom. The van der Waals surface area contributed by atoms with E-state index in [9.17, 15) is 18.8 Å². The Morgan fingerprint density at radius 3 is 2.94 bits per heavy atom. The normalized spacial score (nSPS) is 17.8. The number of anilines is 1. The van der Waals surface area contributed by atoms with Crippen LogP contribution in [0.3, 0.4) is 0 Å². The fourth-order valence-corrected chi connectivity index (χ4v) is 4.29. The highest BCUT2D eigenvalue weighted by Crippen LogP contribution is 2.25. The minimum atomic E-state index is -0.577. The molecule has 0 saturated carbocycles. The lowest BCUT2D eigenvalue weighted by atomic mass is 10.00. The average Bonchev–Trinajstić information content (AvgIpc) is 3.26. The van der Waals surface area contributed by atoms with Crippen molar-refractivity contribution in [3.05, 3.63) is 56.8 Å². The van der Waals surface area contributed by atoms with Gasteiger partial charge in [-0.1, -0.05) is 6.07 Å². The predicted octanol–water partition coefficient (Wildman–Crippen LogP) is 1.55. The molecule has 0 radical (unpaired) electrons. The zero-order valence-corrected chi connectivity index (χ0v) is 17.7. The second kappa shape index (κ2) is 8.49. The third-order valence-electron chi connectivity index (χ3n) is 6.19. The molecule has 31 heavy (non-hydrogen) atoms. The smallest absolute Gasteiger partial charge is 0.269 e. The number of likely N-dealkylation sites (N-methyl/N-ethyl adjacent to an activating group) is 1. The minimum Gasteiger partial charge on any atom is -0.383 e. The summed E-state index contributed by atoms with van der Waals surface area (Å²) in [5.41, 5.74) is 2.64. The summed E-state index contributed by atoms with van der Waals surface area (Å²) in [5, 5.41) is 9.97. The van der Waals surface area contributed by atoms with Gasteiger partial charge < -0.3 is 15.1 Å². The number of halogens is 1. The lowest BCUT2D eigenvalue weighted by Crippen LogP contribution is -2.39. The van der Waals surface area contributed by atoms with Crippen LogP contribution >= 0.6 is 0 Å². The maximum absolute atomic E-state index is 14.5. The van der Waals surface area contributed by atoms with Gasteiger partial charge in [-0.2, -0.15) is 5.10 Å². The number of benzene rings is 1. The Labute approximate surface area is 179 Å². The molecule has 2 aromatic rings. The molecular formula is C22H26FN5O3. The van der Waals surface area contributed by atoms with Crippen LogP contribution in [0.15, 0.2) is 23.0 Å². The summed E-state index contributed by atoms with van der Waals surface area (Å²) in [6, 6.07) is 4.42. The molecule has 0 spiro atoms. The van der Waals surface area contributed by atoms with Crippen molar-refractivity contribution in [3.8, 4) is 0 Å². The molecule has 1 fully saturated rings. The van der Waals surface area contributed by atoms with Crippen molar-refractivity contribution in [2.45, 2.75) is 38.6 Å². The summed E-state index contributed by atoms with van der Waals surface area (Å²) in [6.07, 6.45) is 2.60. The number of carbonyl (C=O) groups is 2. The van der Waals surface area contributed by atoms with Crippen molar-refractivity contribution in [3.63, 3.8) is 0 Å². The maximum Gasteiger partial charge on any atom is 0.269 e. The summed E-state index contributed by atoms with van der Waals surface area (Å²) in [7, 11) is 1.72. The van der Waals surface area contributed by atoms with Gasteiger partial charge >= 0.3 is 0 Å². The lowest BCUT2D eigenvalue weighted by molar-refractivity contribution is -0.129. The third-order valence-corrected chi connectivity index (χ3v) is 6.19. The van der Waals surface area contributed by atoms with E-state index in [0.29, 0.717) is 43.6 Å². The second-order valence-electron chi connectivity index (χ2n) is 8.20. The van der Waals surface area contributed by atoms with E-state index in [-0.39, 0.29) is 29.0 Å². The van der Waals surface area contributed by atoms with E-state index < -0.39 is 5.82 Å². The van der Waals surface area contributed by atoms with E-state index in [1.165, 1.54) is 13.0 Å². The van der Waals surface area contributed by atoms with Gasteiger partial charge in [0.2, 0.25) is 5.91 Å². The summed E-state index contributed by atoms with van der Waals surface area (Å²) >= 11 is 0. The number of hydrogen-bond acceptors (Lipinski definition) is 5. The zero-order chi connectivity index (χ0) is 22.1. The van der Waals surface area contributed by atoms with Crippen molar-refractivity contribution in [2.24, 2.45) is 0 Å². The SMILES string of the molecule is CC(=O)N(C)C1CCN(C(=O)c2cc(Cc3n[nH]c(=O)c4c3NCCC4)ccc2F)C1. The lowest BCUT2D eigenvalue weighted by Gasteiger charge is -2.23. The van der Waals surface area contributed by atoms with Crippen LogP contribution in [-0.2, 0) is 17.6 Å². The standard InChI is InChI=1S/C22H26FN5O3/c1-13(29)27(2)15-7-9-28(12-15)22(31)17-10-14(5-6-18(17)23)11-19-20-16(4-3-8-24-20)21(30)26-25-19/h5-6,10,15,24H,3-4,7-9,11-12H2,1-2H3,(H,26,30). The molecule has 1 unspecified atom stereocenters. The Morgan fingerprint density at radius 1 is 1.35 bits per heavy atom. The molecule has 164 valence electrons. The third kappa shape index (κ3) is 4.17. The molecule has 2 aliphatic heterocycles. The van der Waals surface area contributed by atoms with Crippen molar-refractivity contribution in [2.75, 3.05) is 32.0 Å². The number of hydrogen-bond donors (Lipinski definition) is 2. The fraction of sp³-hybridized carbons (Fsp3) is 0.455. The summed E-state index contributed by atoms with van der Waals surface area (Å²) in [4.78, 5) is 39.8. The number of carbonyl (C=O) groups excluding carboxylic acids is 2. The number of aromatic amines is 1. The Bertz CT molecular complexity index is 1080. The number of likely N-dealkylation sites (tertiary alicyclic amines) is 1. The maximum atomic E-state index is 14.5. The van der Waals surface area contributed by atoms with Crippen molar-refractivity contribution < 1.29 is 14.0 Å². The first-order valence-corrected chi connectivity index (χ1v) is 10.5. The van der Waals surface area contributed by atoms with Crippen LogP contribution in [-0.4, -0.2) is 64.5 Å². The van der Waals surface area contributed by atoms with Gasteiger partial charge in [-0.15, -0.1) is 0 Å². The number of rotatable bonds is 4. The molecule has 2 aliphatic rings. The first-order chi connectivity index (χ1) is 14.8. The summed E-state index contributed by atoms with van der Waals surface area (Å²) in [6.45, 7) is 3.12. The highest BCUT2D eigenvalue weighted by atomic mass is 19.1. The average molecular weight is 427 g/mol. The van der Waals surface area contributed by atoms with Crippen molar-refractivity contribution >= 4 is 17.5 Å². The topological polar surface area (TPSA) is 98.4 Å². The Kier molecular flexibility index (Phi) is 5.75. The molecule has 1 atom stereocenters. The van der Waals surface area contributed by atoms with Gasteiger partial charge in [0.1, 0.15) is 5.82 Å². The van der Waals surface area contributed by atoms with Gasteiger partial charge in [0.15, 0.2) is 0 Å². The molecular weight excluding hydrogens is 401 g/mol. The highest BCUT2D eigenvalue weighted by molar-refractivity contribution is 5.95. The fourth-order valence-electron chi connectivity index (χ4n) is 4.29. The number of nitrogens with zero attached hydrogens (tertiary/aromatic N) is 3. The van der Waals surface area contributed by atoms with E-state index in [4.69, 9.17) is 0 Å². The van der Waals surface area contributed by atoms with Gasteiger partial charge in [0.05, 0.1) is 23.0 Å². The van der Waals surface area contributed by atoms with E-state index in [2.05, 4.69) is 15.5 Å². The van der Waals surface area contributed by atoms with Crippen LogP contribution in [0.2, 0.25) is 0 Å². The van der Waals surface area contributed by atoms with Crippen molar-refractivity contribution in [1.82, 2.24) is 20.0 Å². The van der Waals surface area contributed by atoms with Crippen LogP contribution in [0.5, 0.6) is 0 Å². The number of H-pyrrole nitrogens is 1. The van der Waals surface area contributed by atoms with Gasteiger partial charge in [0.25, 0.3) is 11.5 Å². The molecule has 0 bridgehead atoms. The molecule has 2 N–H and O–H groups in total. The quantitative estimate of drug-likeness (QED) is 0.772. The van der Waals surface area contributed by atoms with Crippen LogP contribution in [0, 0.1) is 5.82 Å². The van der Waals surface area contributed by atoms with Gasteiger partial charge in [0, 0.05) is 45.6 Å². The van der Waals surface area contributed by atoms with E-state index in [1.54, 1.807) is 29.0 Å². The summed E-state index contributed by atoms with van der Waals surface area (Å²) < 4.78 is 14.5. The van der Waals surface area contributed by atoms with Crippen LogP contribution in [0.1, 0.15) is 46.9 Å². The van der Waals surface area contributed by atoms with Crippen LogP contribution in [0.25, 0.3) is 0 Å². The molecule has 4 rings (SSSR count). The van der Waals surface area contributed by atoms with E-state index in [0.717, 1.165) is 24.2 Å². The molecule has 8 nitrogen and oxygen atoms in total. The first-order valence-electron chi connectivity index (χ1n) is 10.5. The zero-order valence-electron chi connectivity index (χ0n) is 17.7. The number of nitrogens with one attached hydrogen (secondary N) is 2. The minimum absolute atomic E-state index is 0.00915. The number of aromatic nitrogens is 2. The Balaban J connectivity index is 1.55. The number of amides is 2.